The third-order valence-electron chi connectivity index (χ3n) is 2.37. The van der Waals surface area contributed by atoms with Crippen LogP contribution in [0.2, 0.25) is 0 Å². The summed E-state index contributed by atoms with van der Waals surface area (Å²) in [5.41, 5.74) is 7.74. The highest BCUT2D eigenvalue weighted by Gasteiger charge is 2.12. The minimum atomic E-state index is -0.336. The molecule has 0 spiro atoms. The summed E-state index contributed by atoms with van der Waals surface area (Å²) >= 11 is 3.24. The lowest BCUT2D eigenvalue weighted by molar-refractivity contribution is -0.118. The van der Waals surface area contributed by atoms with E-state index in [0.717, 1.165) is 0 Å². The predicted molar refractivity (Wildman–Crippen MR) is 75.1 cm³/mol. The van der Waals surface area contributed by atoms with Crippen molar-refractivity contribution in [1.82, 2.24) is 10.3 Å². The zero-order valence-corrected chi connectivity index (χ0v) is 11.9. The van der Waals surface area contributed by atoms with Gasteiger partial charge in [0.25, 0.3) is 5.91 Å². The van der Waals surface area contributed by atoms with Crippen LogP contribution in [-0.4, -0.2) is 23.3 Å². The number of pyridine rings is 1. The largest absolute Gasteiger partial charge is 0.370 e. The molecule has 6 N–H and O–H groups in total. The lowest BCUT2D eigenvalue weighted by atomic mass is 10.2. The fourth-order valence-corrected chi connectivity index (χ4v) is 1.78. The highest BCUT2D eigenvalue weighted by atomic mass is 79.9. The van der Waals surface area contributed by atoms with Crippen molar-refractivity contribution >= 4 is 33.6 Å². The molecule has 0 aliphatic carbocycles. The monoisotopic (exact) mass is 329 g/mol. The Morgan fingerprint density at radius 2 is 2.11 bits per heavy atom. The van der Waals surface area contributed by atoms with Gasteiger partial charge in [-0.25, -0.2) is 10.8 Å². The van der Waals surface area contributed by atoms with Gasteiger partial charge in [0.1, 0.15) is 0 Å². The van der Waals surface area contributed by atoms with E-state index in [0.29, 0.717) is 41.7 Å². The molecule has 1 rings (SSSR count). The number of anilines is 1. The van der Waals surface area contributed by atoms with Crippen molar-refractivity contribution in [2.45, 2.75) is 19.3 Å². The Bertz CT molecular complexity index is 466. The number of hydrogen-bond donors (Lipinski definition) is 4. The molecule has 0 bridgehead atoms. The Morgan fingerprint density at radius 3 is 2.74 bits per heavy atom. The summed E-state index contributed by atoms with van der Waals surface area (Å²) in [7, 11) is 0. The fourth-order valence-electron chi connectivity index (χ4n) is 1.45. The van der Waals surface area contributed by atoms with E-state index in [1.54, 1.807) is 12.3 Å². The summed E-state index contributed by atoms with van der Waals surface area (Å²) in [5.74, 6) is 4.98. The zero-order valence-electron chi connectivity index (χ0n) is 10.3. The number of hydrogen-bond acceptors (Lipinski definition) is 5. The summed E-state index contributed by atoms with van der Waals surface area (Å²) in [6.45, 7) is 0.461. The van der Waals surface area contributed by atoms with Crippen LogP contribution in [0.3, 0.4) is 0 Å². The quantitative estimate of drug-likeness (QED) is 0.330. The van der Waals surface area contributed by atoms with Crippen molar-refractivity contribution < 1.29 is 9.59 Å². The van der Waals surface area contributed by atoms with E-state index in [1.165, 1.54) is 0 Å². The smallest absolute Gasteiger partial charge is 0.255 e. The molecule has 0 unspecified atom stereocenters. The first-order valence-corrected chi connectivity index (χ1v) is 6.52. The standard InChI is InChI=1S/C11H16BrN5O2/c12-7-5-8(10(17-14)16-6-7)11(19)15-4-2-1-3-9(13)18/h5-6H,1-4,14H2,(H2,13,18)(H,15,19)(H,16,17). The minimum absolute atomic E-state index is 0.277. The lowest BCUT2D eigenvalue weighted by Gasteiger charge is -2.09. The summed E-state index contributed by atoms with van der Waals surface area (Å²) < 4.78 is 0.686. The van der Waals surface area contributed by atoms with Crippen LogP contribution in [0, 0.1) is 0 Å². The van der Waals surface area contributed by atoms with Crippen LogP contribution >= 0.6 is 15.9 Å². The van der Waals surface area contributed by atoms with E-state index in [-0.39, 0.29) is 11.8 Å². The highest BCUT2D eigenvalue weighted by molar-refractivity contribution is 9.10. The molecule has 0 atom stereocenters. The topological polar surface area (TPSA) is 123 Å². The molecule has 19 heavy (non-hydrogen) atoms. The van der Waals surface area contributed by atoms with Gasteiger partial charge in [-0.15, -0.1) is 0 Å². The van der Waals surface area contributed by atoms with Crippen LogP contribution in [0.5, 0.6) is 0 Å². The second-order valence-electron chi connectivity index (χ2n) is 3.87. The van der Waals surface area contributed by atoms with Gasteiger partial charge in [0.2, 0.25) is 5.91 Å². The summed E-state index contributed by atoms with van der Waals surface area (Å²) in [6, 6.07) is 1.63. The number of nitrogen functional groups attached to an aromatic ring is 1. The normalized spacial score (nSPS) is 10.0. The van der Waals surface area contributed by atoms with Crippen molar-refractivity contribution in [3.63, 3.8) is 0 Å². The number of rotatable bonds is 7. The average Bonchev–Trinajstić information content (AvgIpc) is 2.37. The lowest BCUT2D eigenvalue weighted by Crippen LogP contribution is -2.26. The second kappa shape index (κ2) is 7.70. The first kappa shape index (κ1) is 15.4. The van der Waals surface area contributed by atoms with Crippen LogP contribution in [-0.2, 0) is 4.79 Å². The van der Waals surface area contributed by atoms with Crippen LogP contribution in [0.4, 0.5) is 5.82 Å². The molecule has 0 saturated carbocycles. The molecule has 0 aliphatic heterocycles. The van der Waals surface area contributed by atoms with Crippen LogP contribution < -0.4 is 22.3 Å². The van der Waals surface area contributed by atoms with E-state index in [2.05, 4.69) is 31.7 Å². The van der Waals surface area contributed by atoms with Gasteiger partial charge in [0.15, 0.2) is 5.82 Å². The first-order valence-electron chi connectivity index (χ1n) is 5.73. The van der Waals surface area contributed by atoms with Gasteiger partial charge >= 0.3 is 0 Å². The molecule has 8 heteroatoms. The number of carbonyl (C=O) groups is 2. The Balaban J connectivity index is 2.49. The van der Waals surface area contributed by atoms with Gasteiger partial charge in [0, 0.05) is 23.6 Å². The molecule has 0 saturated heterocycles. The molecule has 2 amide bonds. The van der Waals surface area contributed by atoms with Gasteiger partial charge in [0.05, 0.1) is 5.56 Å². The minimum Gasteiger partial charge on any atom is -0.370 e. The van der Waals surface area contributed by atoms with Crippen molar-refractivity contribution in [1.29, 1.82) is 0 Å². The van der Waals surface area contributed by atoms with E-state index in [4.69, 9.17) is 11.6 Å². The van der Waals surface area contributed by atoms with Crippen molar-refractivity contribution in [2.75, 3.05) is 12.0 Å². The molecular formula is C11H16BrN5O2. The maximum Gasteiger partial charge on any atom is 0.255 e. The van der Waals surface area contributed by atoms with E-state index in [1.807, 2.05) is 0 Å². The Hall–Kier alpha value is -1.67. The molecule has 1 aromatic heterocycles. The Kier molecular flexibility index (Phi) is 6.23. The fraction of sp³-hybridized carbons (Fsp3) is 0.364. The molecule has 104 valence electrons. The summed E-state index contributed by atoms with van der Waals surface area (Å²) in [6.07, 6.45) is 3.19. The van der Waals surface area contributed by atoms with Crippen LogP contribution in [0.1, 0.15) is 29.6 Å². The van der Waals surface area contributed by atoms with Gasteiger partial charge < -0.3 is 16.5 Å². The average molecular weight is 330 g/mol. The second-order valence-corrected chi connectivity index (χ2v) is 4.79. The molecule has 0 aromatic carbocycles. The molecule has 7 nitrogen and oxygen atoms in total. The molecular weight excluding hydrogens is 314 g/mol. The third-order valence-corrected chi connectivity index (χ3v) is 2.80. The van der Waals surface area contributed by atoms with E-state index < -0.39 is 0 Å². The van der Waals surface area contributed by atoms with Crippen molar-refractivity contribution in [3.8, 4) is 0 Å². The zero-order chi connectivity index (χ0) is 14.3. The number of amides is 2. The van der Waals surface area contributed by atoms with Gasteiger partial charge in [-0.1, -0.05) is 0 Å². The number of halogens is 1. The van der Waals surface area contributed by atoms with Gasteiger partial charge in [-0.2, -0.15) is 0 Å². The first-order chi connectivity index (χ1) is 9.04. The maximum absolute atomic E-state index is 11.9. The summed E-state index contributed by atoms with van der Waals surface area (Å²) in [5, 5.41) is 2.73. The van der Waals surface area contributed by atoms with Crippen LogP contribution in [0.25, 0.3) is 0 Å². The molecule has 0 radical (unpaired) electrons. The van der Waals surface area contributed by atoms with E-state index in [9.17, 15) is 9.59 Å². The Morgan fingerprint density at radius 1 is 1.37 bits per heavy atom. The highest BCUT2D eigenvalue weighted by Crippen LogP contribution is 2.17. The molecule has 0 aliphatic rings. The van der Waals surface area contributed by atoms with Gasteiger partial charge in [-0.05, 0) is 34.8 Å². The van der Waals surface area contributed by atoms with Crippen LogP contribution in [0.15, 0.2) is 16.7 Å². The maximum atomic E-state index is 11.9. The number of hydrazine groups is 1. The number of aromatic nitrogens is 1. The number of unbranched alkanes of at least 4 members (excludes halogenated alkanes) is 1. The number of nitrogens with one attached hydrogen (secondary N) is 2. The van der Waals surface area contributed by atoms with E-state index >= 15 is 0 Å². The number of nitrogens with zero attached hydrogens (tertiary/aromatic N) is 1. The van der Waals surface area contributed by atoms with Gasteiger partial charge in [-0.3, -0.25) is 9.59 Å². The third kappa shape index (κ3) is 5.23. The van der Waals surface area contributed by atoms with Crippen molar-refractivity contribution in [2.24, 2.45) is 11.6 Å². The molecule has 1 heterocycles. The van der Waals surface area contributed by atoms with Crippen molar-refractivity contribution in [3.05, 3.63) is 22.3 Å². The SMILES string of the molecule is NNc1ncc(Br)cc1C(=O)NCCCCC(N)=O. The molecule has 1 aromatic rings. The number of primary amides is 1. The number of nitrogens with two attached hydrogens (primary N) is 2. The Labute approximate surface area is 119 Å². The number of carbonyl (C=O) groups excluding carboxylic acids is 2. The molecule has 0 fully saturated rings. The predicted octanol–water partition coefficient (Wildman–Crippen LogP) is 0.515. The summed E-state index contributed by atoms with van der Waals surface area (Å²) in [4.78, 5) is 26.4.